The number of methoxy groups -OCH3 is 1. The molecule has 0 radical (unpaired) electrons. The Kier molecular flexibility index (Phi) is 6.26. The fourth-order valence-electron chi connectivity index (χ4n) is 2.53. The van der Waals surface area contributed by atoms with E-state index in [9.17, 15) is 13.2 Å². The molecule has 26 heavy (non-hydrogen) atoms. The zero-order chi connectivity index (χ0) is 19.3. The summed E-state index contributed by atoms with van der Waals surface area (Å²) >= 11 is 0. The second kappa shape index (κ2) is 8.23. The van der Waals surface area contributed by atoms with E-state index in [0.717, 1.165) is 28.1 Å². The van der Waals surface area contributed by atoms with Gasteiger partial charge < -0.3 is 10.1 Å². The molecule has 0 aromatic heterocycles. The smallest absolute Gasteiger partial charge is 0.245 e. The molecule has 0 aliphatic rings. The summed E-state index contributed by atoms with van der Waals surface area (Å²) in [6.07, 6.45) is 1.97. The van der Waals surface area contributed by atoms with Gasteiger partial charge in [0, 0.05) is 5.69 Å². The Morgan fingerprint density at radius 1 is 1.15 bits per heavy atom. The van der Waals surface area contributed by atoms with Crippen LogP contribution in [-0.4, -0.2) is 34.2 Å². The van der Waals surface area contributed by atoms with Crippen molar-refractivity contribution in [2.45, 2.75) is 20.3 Å². The van der Waals surface area contributed by atoms with E-state index in [-0.39, 0.29) is 6.54 Å². The molecule has 7 heteroatoms. The maximum atomic E-state index is 12.4. The number of carbonyl (C=O) groups is 1. The van der Waals surface area contributed by atoms with E-state index >= 15 is 0 Å². The van der Waals surface area contributed by atoms with Gasteiger partial charge in [0.1, 0.15) is 12.3 Å². The summed E-state index contributed by atoms with van der Waals surface area (Å²) in [4.78, 5) is 12.4. The van der Waals surface area contributed by atoms with Crippen molar-refractivity contribution in [3.05, 3.63) is 53.6 Å². The first-order chi connectivity index (χ1) is 12.2. The van der Waals surface area contributed by atoms with Gasteiger partial charge >= 0.3 is 0 Å². The number of nitrogens with one attached hydrogen (secondary N) is 1. The van der Waals surface area contributed by atoms with Gasteiger partial charge in [0.05, 0.1) is 19.1 Å². The lowest BCUT2D eigenvalue weighted by atomic mass is 10.1. The number of hydrogen-bond donors (Lipinski definition) is 1. The lowest BCUT2D eigenvalue weighted by Gasteiger charge is -2.24. The summed E-state index contributed by atoms with van der Waals surface area (Å²) in [5.74, 6) is -0.0376. The minimum Gasteiger partial charge on any atom is -0.495 e. The number of carbonyl (C=O) groups excluding carboxylic acids is 1. The Morgan fingerprint density at radius 2 is 1.81 bits per heavy atom. The number of benzene rings is 2. The van der Waals surface area contributed by atoms with Crippen molar-refractivity contribution in [2.75, 3.05) is 29.5 Å². The number of aryl methyl sites for hydroxylation is 2. The lowest BCUT2D eigenvalue weighted by molar-refractivity contribution is -0.114. The van der Waals surface area contributed by atoms with Crippen LogP contribution in [0.15, 0.2) is 42.5 Å². The van der Waals surface area contributed by atoms with Gasteiger partial charge in [-0.15, -0.1) is 0 Å². The molecule has 6 nitrogen and oxygen atoms in total. The SMILES string of the molecule is CCc1ccc(NC(=O)CN(c2cc(C)ccc2OC)S(C)(=O)=O)cc1. The molecule has 0 heterocycles. The highest BCUT2D eigenvalue weighted by atomic mass is 32.2. The quantitative estimate of drug-likeness (QED) is 0.806. The monoisotopic (exact) mass is 376 g/mol. The van der Waals surface area contributed by atoms with Gasteiger partial charge in [0.25, 0.3) is 0 Å². The van der Waals surface area contributed by atoms with Gasteiger partial charge in [-0.25, -0.2) is 8.42 Å². The summed E-state index contributed by atoms with van der Waals surface area (Å²) in [5, 5.41) is 2.73. The van der Waals surface area contributed by atoms with E-state index in [1.54, 1.807) is 24.3 Å². The summed E-state index contributed by atoms with van der Waals surface area (Å²) in [7, 11) is -2.21. The van der Waals surface area contributed by atoms with Crippen LogP contribution >= 0.6 is 0 Å². The van der Waals surface area contributed by atoms with Gasteiger partial charge in [-0.1, -0.05) is 25.1 Å². The number of hydrogen-bond acceptors (Lipinski definition) is 4. The number of ether oxygens (including phenoxy) is 1. The van der Waals surface area contributed by atoms with Crippen LogP contribution in [0.3, 0.4) is 0 Å². The molecule has 0 bridgehead atoms. The maximum absolute atomic E-state index is 12.4. The van der Waals surface area contributed by atoms with Gasteiger partial charge in [-0.3, -0.25) is 9.10 Å². The number of amides is 1. The van der Waals surface area contributed by atoms with Gasteiger partial charge in [-0.2, -0.15) is 0 Å². The minimum atomic E-state index is -3.67. The lowest BCUT2D eigenvalue weighted by Crippen LogP contribution is -2.37. The number of anilines is 2. The molecule has 140 valence electrons. The van der Waals surface area contributed by atoms with Crippen LogP contribution in [-0.2, 0) is 21.2 Å². The second-order valence-electron chi connectivity index (χ2n) is 6.04. The van der Waals surface area contributed by atoms with E-state index in [1.807, 2.05) is 32.0 Å². The predicted molar refractivity (Wildman–Crippen MR) is 104 cm³/mol. The largest absolute Gasteiger partial charge is 0.495 e. The molecule has 0 atom stereocenters. The van der Waals surface area contributed by atoms with E-state index in [2.05, 4.69) is 5.32 Å². The van der Waals surface area contributed by atoms with Crippen molar-refractivity contribution in [1.82, 2.24) is 0 Å². The van der Waals surface area contributed by atoms with Crippen LogP contribution in [0, 0.1) is 6.92 Å². The zero-order valence-electron chi connectivity index (χ0n) is 15.4. The topological polar surface area (TPSA) is 75.7 Å². The standard InChI is InChI=1S/C19H24N2O4S/c1-5-15-7-9-16(10-8-15)20-19(22)13-21(26(4,23)24)17-12-14(2)6-11-18(17)25-3/h6-12H,5,13H2,1-4H3,(H,20,22). The highest BCUT2D eigenvalue weighted by Crippen LogP contribution is 2.30. The van der Waals surface area contributed by atoms with Gasteiger partial charge in [0.2, 0.25) is 15.9 Å². The third kappa shape index (κ3) is 4.98. The van der Waals surface area contributed by atoms with Crippen LogP contribution in [0.25, 0.3) is 0 Å². The van der Waals surface area contributed by atoms with E-state index in [4.69, 9.17) is 4.74 Å². The van der Waals surface area contributed by atoms with Crippen molar-refractivity contribution < 1.29 is 17.9 Å². The first kappa shape index (κ1) is 19.8. The van der Waals surface area contributed by atoms with E-state index in [1.165, 1.54) is 7.11 Å². The molecule has 1 amide bonds. The molecule has 1 N–H and O–H groups in total. The third-order valence-electron chi connectivity index (χ3n) is 3.94. The molecule has 0 aliphatic carbocycles. The van der Waals surface area contributed by atoms with Crippen molar-refractivity contribution in [3.63, 3.8) is 0 Å². The number of nitrogens with zero attached hydrogens (tertiary/aromatic N) is 1. The first-order valence-corrected chi connectivity index (χ1v) is 10.1. The molecule has 0 aliphatic heterocycles. The van der Waals surface area contributed by atoms with Crippen molar-refractivity contribution in [1.29, 1.82) is 0 Å². The van der Waals surface area contributed by atoms with Crippen molar-refractivity contribution >= 4 is 27.3 Å². The van der Waals surface area contributed by atoms with Crippen LogP contribution < -0.4 is 14.4 Å². The highest BCUT2D eigenvalue weighted by Gasteiger charge is 2.24. The summed E-state index contributed by atoms with van der Waals surface area (Å²) in [6.45, 7) is 3.56. The van der Waals surface area contributed by atoms with Crippen molar-refractivity contribution in [3.8, 4) is 5.75 Å². The molecule has 2 aromatic carbocycles. The first-order valence-electron chi connectivity index (χ1n) is 8.25. The van der Waals surface area contributed by atoms with E-state index in [0.29, 0.717) is 17.1 Å². The summed E-state index contributed by atoms with van der Waals surface area (Å²) in [6, 6.07) is 12.6. The Morgan fingerprint density at radius 3 is 2.35 bits per heavy atom. The number of rotatable bonds is 7. The molecule has 0 fully saturated rings. The second-order valence-corrected chi connectivity index (χ2v) is 7.95. The Bertz CT molecular complexity index is 877. The van der Waals surface area contributed by atoms with Crippen LogP contribution in [0.2, 0.25) is 0 Å². The molecule has 0 spiro atoms. The fraction of sp³-hybridized carbons (Fsp3) is 0.316. The van der Waals surface area contributed by atoms with Gasteiger partial charge in [0.15, 0.2) is 0 Å². The molecule has 2 rings (SSSR count). The summed E-state index contributed by atoms with van der Waals surface area (Å²) in [5.41, 5.74) is 2.98. The molecule has 0 saturated carbocycles. The molecule has 0 unspecified atom stereocenters. The fourth-order valence-corrected chi connectivity index (χ4v) is 3.38. The van der Waals surface area contributed by atoms with Gasteiger partial charge in [-0.05, 0) is 48.7 Å². The molecule has 0 saturated heterocycles. The van der Waals surface area contributed by atoms with Crippen LogP contribution in [0.5, 0.6) is 5.75 Å². The zero-order valence-corrected chi connectivity index (χ0v) is 16.3. The maximum Gasteiger partial charge on any atom is 0.245 e. The summed E-state index contributed by atoms with van der Waals surface area (Å²) < 4.78 is 30.9. The average Bonchev–Trinajstić information content (AvgIpc) is 2.59. The predicted octanol–water partition coefficient (Wildman–Crippen LogP) is 2.97. The Balaban J connectivity index is 2.26. The van der Waals surface area contributed by atoms with Crippen molar-refractivity contribution in [2.24, 2.45) is 0 Å². The third-order valence-corrected chi connectivity index (χ3v) is 5.06. The minimum absolute atomic E-state index is 0.339. The number of sulfonamides is 1. The highest BCUT2D eigenvalue weighted by molar-refractivity contribution is 7.92. The average molecular weight is 376 g/mol. The Hall–Kier alpha value is -2.54. The van der Waals surface area contributed by atoms with Crippen LogP contribution in [0.1, 0.15) is 18.1 Å². The molecular weight excluding hydrogens is 352 g/mol. The Labute approximate surface area is 154 Å². The normalized spacial score (nSPS) is 11.1. The molecular formula is C19H24N2O4S. The van der Waals surface area contributed by atoms with Crippen LogP contribution in [0.4, 0.5) is 11.4 Å². The molecule has 2 aromatic rings. The van der Waals surface area contributed by atoms with E-state index < -0.39 is 15.9 Å².